The maximum absolute atomic E-state index is 5.74. The van der Waals surface area contributed by atoms with Crippen molar-refractivity contribution in [1.82, 2.24) is 10.3 Å². The molecule has 1 aromatic rings. The number of aryl methyl sites for hydroxylation is 1. The molecule has 16 heavy (non-hydrogen) atoms. The average Bonchev–Trinajstić information content (AvgIpc) is 2.61. The van der Waals surface area contributed by atoms with Gasteiger partial charge < -0.3 is 10.1 Å². The van der Waals surface area contributed by atoms with Crippen molar-refractivity contribution in [2.45, 2.75) is 46.3 Å². The monoisotopic (exact) mass is 242 g/mol. The van der Waals surface area contributed by atoms with Crippen molar-refractivity contribution in [1.29, 1.82) is 0 Å². The zero-order chi connectivity index (χ0) is 12.0. The Balaban J connectivity index is 2.79. The molecule has 1 N–H and O–H groups in total. The van der Waals surface area contributed by atoms with Gasteiger partial charge in [0.1, 0.15) is 11.1 Å². The summed E-state index contributed by atoms with van der Waals surface area (Å²) < 4.78 is 5.74. The van der Waals surface area contributed by atoms with E-state index in [2.05, 4.69) is 24.1 Å². The van der Waals surface area contributed by atoms with E-state index in [0.717, 1.165) is 36.7 Å². The molecule has 1 atom stereocenters. The van der Waals surface area contributed by atoms with E-state index >= 15 is 0 Å². The number of hydrogen-bond donors (Lipinski definition) is 1. The Hall–Kier alpha value is -0.450. The minimum absolute atomic E-state index is 0.185. The third-order valence-corrected chi connectivity index (χ3v) is 3.69. The van der Waals surface area contributed by atoms with Gasteiger partial charge in [0.05, 0.1) is 5.69 Å². The molecule has 3 nitrogen and oxygen atoms in total. The molecule has 0 aromatic carbocycles. The number of nitrogens with one attached hydrogen (secondary N) is 1. The van der Waals surface area contributed by atoms with Crippen molar-refractivity contribution in [3.63, 3.8) is 0 Å². The maximum Gasteiger partial charge on any atom is 0.122 e. The van der Waals surface area contributed by atoms with E-state index < -0.39 is 0 Å². The molecular weight excluding hydrogens is 220 g/mol. The fourth-order valence-corrected chi connectivity index (χ4v) is 2.82. The molecule has 0 saturated carbocycles. The van der Waals surface area contributed by atoms with E-state index in [1.54, 1.807) is 11.3 Å². The summed E-state index contributed by atoms with van der Waals surface area (Å²) in [5, 5.41) is 4.30. The van der Waals surface area contributed by atoms with Crippen molar-refractivity contribution in [2.24, 2.45) is 0 Å². The summed E-state index contributed by atoms with van der Waals surface area (Å²) in [4.78, 5) is 5.94. The molecule has 92 valence electrons. The van der Waals surface area contributed by atoms with Gasteiger partial charge in [-0.1, -0.05) is 13.3 Å². The molecule has 0 aliphatic heterocycles. The second-order valence-electron chi connectivity index (χ2n) is 3.82. The predicted octanol–water partition coefficient (Wildman–Crippen LogP) is 3.05. The zero-order valence-corrected chi connectivity index (χ0v) is 11.5. The second kappa shape index (κ2) is 6.99. The summed E-state index contributed by atoms with van der Waals surface area (Å²) in [6, 6.07) is 0. The first-order valence-corrected chi connectivity index (χ1v) is 6.76. The van der Waals surface area contributed by atoms with Gasteiger partial charge in [-0.3, -0.25) is 0 Å². The summed E-state index contributed by atoms with van der Waals surface area (Å²) in [6.07, 6.45) is 2.37. The summed E-state index contributed by atoms with van der Waals surface area (Å²) in [5.41, 5.74) is 1.13. The second-order valence-corrected chi connectivity index (χ2v) is 4.94. The Morgan fingerprint density at radius 3 is 2.75 bits per heavy atom. The van der Waals surface area contributed by atoms with Gasteiger partial charge in [-0.25, -0.2) is 4.98 Å². The molecular formula is C12H22N2OS. The van der Waals surface area contributed by atoms with Crippen LogP contribution in [0.3, 0.4) is 0 Å². The smallest absolute Gasteiger partial charge is 0.122 e. The minimum atomic E-state index is 0.185. The summed E-state index contributed by atoms with van der Waals surface area (Å²) in [7, 11) is 1.96. The molecule has 0 aliphatic carbocycles. The van der Waals surface area contributed by atoms with Crippen LogP contribution in [0.25, 0.3) is 0 Å². The van der Waals surface area contributed by atoms with E-state index in [1.807, 2.05) is 14.0 Å². The number of hydrogen-bond acceptors (Lipinski definition) is 4. The topological polar surface area (TPSA) is 34.1 Å². The highest BCUT2D eigenvalue weighted by Gasteiger charge is 2.16. The first-order chi connectivity index (χ1) is 7.72. The number of rotatable bonds is 7. The summed E-state index contributed by atoms with van der Waals surface area (Å²) in [6.45, 7) is 7.94. The van der Waals surface area contributed by atoms with Crippen molar-refractivity contribution in [2.75, 3.05) is 13.7 Å². The van der Waals surface area contributed by atoms with Crippen LogP contribution in [0.15, 0.2) is 0 Å². The molecule has 1 aromatic heterocycles. The molecule has 1 unspecified atom stereocenters. The van der Waals surface area contributed by atoms with Gasteiger partial charge in [-0.15, -0.1) is 11.3 Å². The molecule has 1 heterocycles. The average molecular weight is 242 g/mol. The molecule has 0 amide bonds. The molecule has 4 heteroatoms. The van der Waals surface area contributed by atoms with Gasteiger partial charge in [0.25, 0.3) is 0 Å². The van der Waals surface area contributed by atoms with Gasteiger partial charge in [0.2, 0.25) is 0 Å². The van der Waals surface area contributed by atoms with Crippen LogP contribution >= 0.6 is 11.3 Å². The third-order valence-electron chi connectivity index (χ3n) is 2.44. The first kappa shape index (κ1) is 13.6. The molecule has 0 fully saturated rings. The van der Waals surface area contributed by atoms with Crippen LogP contribution in [-0.4, -0.2) is 18.6 Å². The predicted molar refractivity (Wildman–Crippen MR) is 68.9 cm³/mol. The Kier molecular flexibility index (Phi) is 5.95. The molecule has 0 saturated heterocycles. The normalized spacial score (nSPS) is 13.0. The zero-order valence-electron chi connectivity index (χ0n) is 10.7. The SMILES string of the molecule is CCCC(OCC)c1nc(C)c(CNC)s1. The lowest BCUT2D eigenvalue weighted by atomic mass is 10.2. The minimum Gasteiger partial charge on any atom is -0.371 e. The van der Waals surface area contributed by atoms with Crippen molar-refractivity contribution < 1.29 is 4.74 Å². The van der Waals surface area contributed by atoms with Crippen LogP contribution in [0.4, 0.5) is 0 Å². The van der Waals surface area contributed by atoms with Crippen LogP contribution in [0.2, 0.25) is 0 Å². The summed E-state index contributed by atoms with van der Waals surface area (Å²) >= 11 is 1.77. The number of aromatic nitrogens is 1. The van der Waals surface area contributed by atoms with Crippen molar-refractivity contribution in [3.8, 4) is 0 Å². The van der Waals surface area contributed by atoms with Gasteiger partial charge in [0.15, 0.2) is 0 Å². The summed E-state index contributed by atoms with van der Waals surface area (Å²) in [5.74, 6) is 0. The Morgan fingerprint density at radius 2 is 2.19 bits per heavy atom. The van der Waals surface area contributed by atoms with Crippen molar-refractivity contribution in [3.05, 3.63) is 15.6 Å². The van der Waals surface area contributed by atoms with E-state index in [1.165, 1.54) is 4.88 Å². The highest BCUT2D eigenvalue weighted by Crippen LogP contribution is 2.29. The van der Waals surface area contributed by atoms with Gasteiger partial charge in [-0.2, -0.15) is 0 Å². The highest BCUT2D eigenvalue weighted by atomic mass is 32.1. The number of ether oxygens (including phenoxy) is 1. The van der Waals surface area contributed by atoms with Crippen molar-refractivity contribution >= 4 is 11.3 Å². The Morgan fingerprint density at radius 1 is 1.44 bits per heavy atom. The standard InChI is InChI=1S/C12H22N2OS/c1-5-7-10(15-6-2)12-14-9(3)11(16-12)8-13-4/h10,13H,5-8H2,1-4H3. The lowest BCUT2D eigenvalue weighted by Crippen LogP contribution is -2.04. The largest absolute Gasteiger partial charge is 0.371 e. The molecule has 0 spiro atoms. The lowest BCUT2D eigenvalue weighted by Gasteiger charge is -2.12. The molecule has 0 bridgehead atoms. The van der Waals surface area contributed by atoms with Gasteiger partial charge >= 0.3 is 0 Å². The van der Waals surface area contributed by atoms with Crippen LogP contribution < -0.4 is 5.32 Å². The molecule has 1 rings (SSSR count). The van der Waals surface area contributed by atoms with Crippen LogP contribution in [0.5, 0.6) is 0 Å². The maximum atomic E-state index is 5.74. The van der Waals surface area contributed by atoms with Gasteiger partial charge in [0, 0.05) is 18.0 Å². The highest BCUT2D eigenvalue weighted by molar-refractivity contribution is 7.11. The lowest BCUT2D eigenvalue weighted by molar-refractivity contribution is 0.0554. The third kappa shape index (κ3) is 3.54. The quantitative estimate of drug-likeness (QED) is 0.798. The molecule has 0 aliphatic rings. The van der Waals surface area contributed by atoms with Crippen LogP contribution in [0.1, 0.15) is 48.4 Å². The van der Waals surface area contributed by atoms with Crippen LogP contribution in [-0.2, 0) is 11.3 Å². The van der Waals surface area contributed by atoms with Gasteiger partial charge in [-0.05, 0) is 27.3 Å². The Bertz CT molecular complexity index is 306. The van der Waals surface area contributed by atoms with E-state index in [9.17, 15) is 0 Å². The van der Waals surface area contributed by atoms with E-state index in [0.29, 0.717) is 0 Å². The first-order valence-electron chi connectivity index (χ1n) is 5.95. The van der Waals surface area contributed by atoms with E-state index in [4.69, 9.17) is 4.74 Å². The van der Waals surface area contributed by atoms with Crippen LogP contribution in [0, 0.1) is 6.92 Å². The number of nitrogens with zero attached hydrogens (tertiary/aromatic N) is 1. The van der Waals surface area contributed by atoms with E-state index in [-0.39, 0.29) is 6.10 Å². The molecule has 0 radical (unpaired) electrons. The fourth-order valence-electron chi connectivity index (χ4n) is 1.65. The Labute approximate surface area is 102 Å². The fraction of sp³-hybridized carbons (Fsp3) is 0.750. The number of thiazole rings is 1.